The molecule has 22 heavy (non-hydrogen) atoms. The number of nitrogens with zero attached hydrogens (tertiary/aromatic N) is 1. The summed E-state index contributed by atoms with van der Waals surface area (Å²) in [5, 5.41) is -1.05. The molecule has 0 spiro atoms. The monoisotopic (exact) mass is 347 g/mol. The van der Waals surface area contributed by atoms with E-state index in [9.17, 15) is 19.2 Å². The molecule has 1 heterocycles. The molecule has 0 aliphatic rings. The largest absolute Gasteiger partial charge is 0.513 e. The summed E-state index contributed by atoms with van der Waals surface area (Å²) < 4.78 is 14.5. The minimum Gasteiger partial charge on any atom is -0.437 e. The second kappa shape index (κ2) is 6.20. The number of fused-ring (bicyclic) bond motifs is 1. The standard InChI is InChI=1S/C12H7Cl2NO7/c1-20-12(19)21-7-3-5(13)2-6-9(7)22-11(18)15(10(6)17)4-8(14)16/h2-3H,4H2,1H3. The summed E-state index contributed by atoms with van der Waals surface area (Å²) in [5.74, 6) is -1.41. The molecule has 0 aliphatic heterocycles. The van der Waals surface area contributed by atoms with Crippen molar-refractivity contribution in [1.29, 1.82) is 0 Å². The van der Waals surface area contributed by atoms with Crippen LogP contribution in [0.5, 0.6) is 5.75 Å². The molecule has 0 aliphatic carbocycles. The van der Waals surface area contributed by atoms with Gasteiger partial charge in [0.1, 0.15) is 6.54 Å². The Balaban J connectivity index is 2.76. The Morgan fingerprint density at radius 2 is 2.00 bits per heavy atom. The zero-order chi connectivity index (χ0) is 16.4. The summed E-state index contributed by atoms with van der Waals surface area (Å²) in [4.78, 5) is 46.0. The molecule has 0 unspecified atom stereocenters. The highest BCUT2D eigenvalue weighted by atomic mass is 35.5. The molecule has 2 rings (SSSR count). The maximum atomic E-state index is 12.2. The van der Waals surface area contributed by atoms with Crippen LogP contribution in [0.3, 0.4) is 0 Å². The molecule has 116 valence electrons. The van der Waals surface area contributed by atoms with Crippen LogP contribution in [0.25, 0.3) is 11.0 Å². The predicted molar refractivity (Wildman–Crippen MR) is 75.6 cm³/mol. The zero-order valence-electron chi connectivity index (χ0n) is 10.9. The Morgan fingerprint density at radius 1 is 1.32 bits per heavy atom. The highest BCUT2D eigenvalue weighted by Crippen LogP contribution is 2.27. The fraction of sp³-hybridized carbons (Fsp3) is 0.167. The van der Waals surface area contributed by atoms with Crippen molar-refractivity contribution >= 4 is 45.6 Å². The first-order valence-corrected chi connectivity index (χ1v) is 6.40. The second-order valence-corrected chi connectivity index (χ2v) is 4.81. The van der Waals surface area contributed by atoms with Gasteiger partial charge in [-0.2, -0.15) is 0 Å². The molecule has 0 bridgehead atoms. The number of ether oxygens (including phenoxy) is 2. The van der Waals surface area contributed by atoms with Crippen LogP contribution in [-0.2, 0) is 16.1 Å². The molecule has 8 nitrogen and oxygen atoms in total. The normalized spacial score (nSPS) is 10.5. The molecule has 1 aromatic heterocycles. The van der Waals surface area contributed by atoms with E-state index in [2.05, 4.69) is 4.74 Å². The van der Waals surface area contributed by atoms with E-state index in [4.69, 9.17) is 32.4 Å². The van der Waals surface area contributed by atoms with Crippen molar-refractivity contribution in [3.63, 3.8) is 0 Å². The summed E-state index contributed by atoms with van der Waals surface area (Å²) in [7, 11) is 1.07. The second-order valence-electron chi connectivity index (χ2n) is 3.95. The van der Waals surface area contributed by atoms with Crippen LogP contribution in [-0.4, -0.2) is 23.1 Å². The molecular weight excluding hydrogens is 341 g/mol. The van der Waals surface area contributed by atoms with Crippen molar-refractivity contribution in [2.24, 2.45) is 0 Å². The van der Waals surface area contributed by atoms with E-state index in [0.29, 0.717) is 4.57 Å². The van der Waals surface area contributed by atoms with Crippen LogP contribution in [0.1, 0.15) is 0 Å². The van der Waals surface area contributed by atoms with Crippen molar-refractivity contribution in [3.05, 3.63) is 38.1 Å². The van der Waals surface area contributed by atoms with Gasteiger partial charge in [0.15, 0.2) is 11.3 Å². The van der Waals surface area contributed by atoms with Gasteiger partial charge >= 0.3 is 11.9 Å². The van der Waals surface area contributed by atoms with Gasteiger partial charge in [0.05, 0.1) is 12.5 Å². The first-order chi connectivity index (χ1) is 10.3. The average Bonchev–Trinajstić information content (AvgIpc) is 2.44. The van der Waals surface area contributed by atoms with E-state index in [1.807, 2.05) is 0 Å². The minimum atomic E-state index is -1.14. The molecule has 0 fully saturated rings. The van der Waals surface area contributed by atoms with Gasteiger partial charge in [-0.25, -0.2) is 14.2 Å². The van der Waals surface area contributed by atoms with Crippen LogP contribution in [0, 0.1) is 0 Å². The third-order valence-corrected chi connectivity index (χ3v) is 2.89. The lowest BCUT2D eigenvalue weighted by Crippen LogP contribution is -2.34. The fourth-order valence-corrected chi connectivity index (χ4v) is 2.00. The van der Waals surface area contributed by atoms with Crippen LogP contribution < -0.4 is 16.1 Å². The van der Waals surface area contributed by atoms with E-state index in [-0.39, 0.29) is 21.7 Å². The lowest BCUT2D eigenvalue weighted by atomic mass is 10.2. The minimum absolute atomic E-state index is 0.0427. The molecule has 1 aromatic carbocycles. The van der Waals surface area contributed by atoms with Crippen molar-refractivity contribution in [2.75, 3.05) is 7.11 Å². The molecule has 2 aromatic rings. The molecule has 0 N–H and O–H groups in total. The van der Waals surface area contributed by atoms with Crippen molar-refractivity contribution in [3.8, 4) is 5.75 Å². The summed E-state index contributed by atoms with van der Waals surface area (Å²) in [5.41, 5.74) is -1.17. The first-order valence-electron chi connectivity index (χ1n) is 5.65. The maximum absolute atomic E-state index is 12.2. The quantitative estimate of drug-likeness (QED) is 0.470. The van der Waals surface area contributed by atoms with Gasteiger partial charge in [0.2, 0.25) is 5.24 Å². The number of hydrogen-bond donors (Lipinski definition) is 0. The summed E-state index contributed by atoms with van der Waals surface area (Å²) in [6, 6.07) is 2.36. The van der Waals surface area contributed by atoms with E-state index in [1.54, 1.807) is 0 Å². The number of methoxy groups -OCH3 is 1. The lowest BCUT2D eigenvalue weighted by molar-refractivity contribution is -0.112. The summed E-state index contributed by atoms with van der Waals surface area (Å²) >= 11 is 11.0. The average molecular weight is 348 g/mol. The Kier molecular flexibility index (Phi) is 4.53. The molecule has 0 saturated carbocycles. The number of rotatable bonds is 3. The topological polar surface area (TPSA) is 105 Å². The van der Waals surface area contributed by atoms with Gasteiger partial charge in [-0.1, -0.05) is 11.6 Å². The fourth-order valence-electron chi connectivity index (χ4n) is 1.67. The third kappa shape index (κ3) is 3.12. The zero-order valence-corrected chi connectivity index (χ0v) is 12.4. The molecule has 0 saturated heterocycles. The molecule has 0 radical (unpaired) electrons. The lowest BCUT2D eigenvalue weighted by Gasteiger charge is -2.07. The predicted octanol–water partition coefficient (Wildman–Crippen LogP) is 1.52. The van der Waals surface area contributed by atoms with Crippen molar-refractivity contribution in [2.45, 2.75) is 6.54 Å². The summed E-state index contributed by atoms with van der Waals surface area (Å²) in [6.45, 7) is -0.668. The molecule has 0 amide bonds. The number of carbonyl (C=O) groups is 2. The number of aromatic nitrogens is 1. The smallest absolute Gasteiger partial charge is 0.437 e. The van der Waals surface area contributed by atoms with E-state index in [1.165, 1.54) is 12.1 Å². The Labute approximate surface area is 131 Å². The Hall–Kier alpha value is -2.32. The highest BCUT2D eigenvalue weighted by molar-refractivity contribution is 6.63. The van der Waals surface area contributed by atoms with Gasteiger partial charge in [-0.15, -0.1) is 0 Å². The van der Waals surface area contributed by atoms with Crippen LogP contribution in [0.4, 0.5) is 4.79 Å². The van der Waals surface area contributed by atoms with Crippen LogP contribution in [0.15, 0.2) is 26.1 Å². The molecular formula is C12H7Cl2NO7. The maximum Gasteiger partial charge on any atom is 0.513 e. The van der Waals surface area contributed by atoms with Crippen LogP contribution >= 0.6 is 23.2 Å². The SMILES string of the molecule is COC(=O)Oc1cc(Cl)cc2c(=O)n(CC(=O)Cl)c(=O)oc12. The van der Waals surface area contributed by atoms with Crippen LogP contribution in [0.2, 0.25) is 5.02 Å². The molecule has 10 heteroatoms. The van der Waals surface area contributed by atoms with Gasteiger partial charge in [-0.3, -0.25) is 9.59 Å². The summed E-state index contributed by atoms with van der Waals surface area (Å²) in [6.07, 6.45) is -1.09. The van der Waals surface area contributed by atoms with Gasteiger partial charge in [-0.05, 0) is 17.7 Å². The van der Waals surface area contributed by atoms with E-state index in [0.717, 1.165) is 7.11 Å². The first kappa shape index (κ1) is 16.1. The number of halogens is 2. The number of carbonyl (C=O) groups excluding carboxylic acids is 2. The third-order valence-electron chi connectivity index (χ3n) is 2.55. The van der Waals surface area contributed by atoms with Crippen molar-refractivity contribution in [1.82, 2.24) is 4.57 Å². The number of benzene rings is 1. The van der Waals surface area contributed by atoms with Gasteiger partial charge in [0.25, 0.3) is 5.56 Å². The van der Waals surface area contributed by atoms with Crippen molar-refractivity contribution < 1.29 is 23.5 Å². The van der Waals surface area contributed by atoms with Gasteiger partial charge in [0, 0.05) is 11.1 Å². The number of hydrogen-bond acceptors (Lipinski definition) is 7. The van der Waals surface area contributed by atoms with E-state index < -0.39 is 29.3 Å². The Morgan fingerprint density at radius 3 is 2.59 bits per heavy atom. The highest BCUT2D eigenvalue weighted by Gasteiger charge is 2.18. The van der Waals surface area contributed by atoms with E-state index >= 15 is 0 Å². The van der Waals surface area contributed by atoms with Gasteiger partial charge < -0.3 is 13.9 Å². The molecule has 0 atom stereocenters. The Bertz CT molecular complexity index is 883.